The highest BCUT2D eigenvalue weighted by atomic mass is 32.2. The lowest BCUT2D eigenvalue weighted by atomic mass is 10.1. The van der Waals surface area contributed by atoms with Crippen molar-refractivity contribution >= 4 is 45.5 Å². The molecule has 0 saturated heterocycles. The molecule has 3 aromatic rings. The van der Waals surface area contributed by atoms with Gasteiger partial charge < -0.3 is 10.1 Å². The Morgan fingerprint density at radius 1 is 1.03 bits per heavy atom. The molecule has 0 saturated carbocycles. The number of halogens is 1. The topological polar surface area (TPSA) is 63.1 Å². The number of aliphatic imine (C=N–C) groups is 2. The standard InChI is InChI=1S/C24H20FN3O2S/c1-30-17-8-6-7-16(13-17)22-14-24(28-21-12-5-4-11-20(21)26-22)31-15-23(29)27-19-10-3-2-9-18(19)25/h2-13H,14-15H2,1H3,(H,27,29). The summed E-state index contributed by atoms with van der Waals surface area (Å²) in [5.41, 5.74) is 3.45. The van der Waals surface area contributed by atoms with Crippen LogP contribution < -0.4 is 10.1 Å². The quantitative estimate of drug-likeness (QED) is 0.556. The summed E-state index contributed by atoms with van der Waals surface area (Å²) in [6.07, 6.45) is 0.472. The van der Waals surface area contributed by atoms with Crippen molar-refractivity contribution in [2.45, 2.75) is 6.42 Å². The number of thioether (sulfide) groups is 1. The second-order valence-electron chi connectivity index (χ2n) is 6.78. The SMILES string of the molecule is COc1cccc(C2=Nc3ccccc3N=C(SCC(=O)Nc3ccccc3F)C2)c1. The molecular weight excluding hydrogens is 413 g/mol. The number of ether oxygens (including phenoxy) is 1. The number of anilines is 1. The van der Waals surface area contributed by atoms with Gasteiger partial charge in [-0.2, -0.15) is 0 Å². The summed E-state index contributed by atoms with van der Waals surface area (Å²) < 4.78 is 19.1. The number of benzene rings is 3. The molecule has 1 amide bonds. The first kappa shape index (κ1) is 20.8. The van der Waals surface area contributed by atoms with Gasteiger partial charge >= 0.3 is 0 Å². The Hall–Kier alpha value is -3.45. The van der Waals surface area contributed by atoms with E-state index in [1.54, 1.807) is 19.2 Å². The fraction of sp³-hybridized carbons (Fsp3) is 0.125. The molecule has 3 aromatic carbocycles. The maximum absolute atomic E-state index is 13.8. The van der Waals surface area contributed by atoms with E-state index in [1.807, 2.05) is 48.5 Å². The van der Waals surface area contributed by atoms with Gasteiger partial charge in [-0.15, -0.1) is 11.8 Å². The zero-order chi connectivity index (χ0) is 21.6. The molecule has 1 heterocycles. The number of methoxy groups -OCH3 is 1. The zero-order valence-corrected chi connectivity index (χ0v) is 17.7. The summed E-state index contributed by atoms with van der Waals surface area (Å²) in [6, 6.07) is 21.4. The van der Waals surface area contributed by atoms with Crippen LogP contribution in [-0.2, 0) is 4.79 Å². The molecule has 0 aliphatic carbocycles. The number of hydrogen-bond donors (Lipinski definition) is 1. The van der Waals surface area contributed by atoms with Gasteiger partial charge in [-0.3, -0.25) is 9.79 Å². The minimum Gasteiger partial charge on any atom is -0.497 e. The van der Waals surface area contributed by atoms with Gasteiger partial charge in [-0.25, -0.2) is 9.38 Å². The lowest BCUT2D eigenvalue weighted by Crippen LogP contribution is -2.17. The third kappa shape index (κ3) is 5.19. The summed E-state index contributed by atoms with van der Waals surface area (Å²) in [6.45, 7) is 0. The van der Waals surface area contributed by atoms with E-state index in [-0.39, 0.29) is 17.3 Å². The van der Waals surface area contributed by atoms with E-state index in [0.29, 0.717) is 6.42 Å². The number of amides is 1. The Morgan fingerprint density at radius 3 is 2.55 bits per heavy atom. The summed E-state index contributed by atoms with van der Waals surface area (Å²) in [4.78, 5) is 21.9. The van der Waals surface area contributed by atoms with Crippen LogP contribution in [0.1, 0.15) is 12.0 Å². The van der Waals surface area contributed by atoms with Crippen LogP contribution in [0.5, 0.6) is 5.75 Å². The number of nitrogens with one attached hydrogen (secondary N) is 1. The van der Waals surface area contributed by atoms with Crippen molar-refractivity contribution in [3.05, 3.63) is 84.2 Å². The fourth-order valence-electron chi connectivity index (χ4n) is 3.11. The van der Waals surface area contributed by atoms with Crippen LogP contribution in [0.3, 0.4) is 0 Å². The molecule has 0 fully saturated rings. The Balaban J connectivity index is 1.55. The molecular formula is C24H20FN3O2S. The predicted molar refractivity (Wildman–Crippen MR) is 125 cm³/mol. The van der Waals surface area contributed by atoms with Crippen molar-refractivity contribution in [3.63, 3.8) is 0 Å². The second kappa shape index (κ2) is 9.57. The zero-order valence-electron chi connectivity index (χ0n) is 16.8. The predicted octanol–water partition coefficient (Wildman–Crippen LogP) is 5.76. The number of rotatable bonds is 5. The molecule has 0 unspecified atom stereocenters. The van der Waals surface area contributed by atoms with Gasteiger partial charge in [-0.1, -0.05) is 36.4 Å². The molecule has 4 rings (SSSR count). The molecule has 31 heavy (non-hydrogen) atoms. The molecule has 0 bridgehead atoms. The number of fused-ring (bicyclic) bond motifs is 1. The van der Waals surface area contributed by atoms with Gasteiger partial charge in [0.25, 0.3) is 0 Å². The van der Waals surface area contributed by atoms with E-state index >= 15 is 0 Å². The monoisotopic (exact) mass is 433 g/mol. The number of carbonyl (C=O) groups excluding carboxylic acids is 1. The van der Waals surface area contributed by atoms with E-state index < -0.39 is 5.82 Å². The molecule has 156 valence electrons. The molecule has 0 radical (unpaired) electrons. The van der Waals surface area contributed by atoms with E-state index in [1.165, 1.54) is 23.9 Å². The molecule has 1 aliphatic rings. The summed E-state index contributed by atoms with van der Waals surface area (Å²) >= 11 is 1.32. The molecule has 1 N–H and O–H groups in total. The van der Waals surface area contributed by atoms with Crippen molar-refractivity contribution in [1.82, 2.24) is 0 Å². The van der Waals surface area contributed by atoms with Crippen molar-refractivity contribution < 1.29 is 13.9 Å². The number of nitrogens with zero attached hydrogens (tertiary/aromatic N) is 2. The first-order valence-electron chi connectivity index (χ1n) is 9.68. The largest absolute Gasteiger partial charge is 0.497 e. The van der Waals surface area contributed by atoms with Crippen LogP contribution in [-0.4, -0.2) is 29.5 Å². The number of carbonyl (C=O) groups is 1. The lowest BCUT2D eigenvalue weighted by molar-refractivity contribution is -0.113. The molecule has 1 aliphatic heterocycles. The summed E-state index contributed by atoms with van der Waals surface area (Å²) in [7, 11) is 1.63. The van der Waals surface area contributed by atoms with Crippen molar-refractivity contribution in [2.75, 3.05) is 18.2 Å². The van der Waals surface area contributed by atoms with E-state index in [4.69, 9.17) is 14.7 Å². The smallest absolute Gasteiger partial charge is 0.234 e. The minimum atomic E-state index is -0.464. The van der Waals surface area contributed by atoms with Crippen LogP contribution in [0, 0.1) is 5.82 Å². The Morgan fingerprint density at radius 2 is 1.77 bits per heavy atom. The maximum Gasteiger partial charge on any atom is 0.234 e. The third-order valence-electron chi connectivity index (χ3n) is 4.62. The minimum absolute atomic E-state index is 0.112. The van der Waals surface area contributed by atoms with Crippen LogP contribution >= 0.6 is 11.8 Å². The molecule has 0 aromatic heterocycles. The Labute approximate surface area is 184 Å². The van der Waals surface area contributed by atoms with Gasteiger partial charge in [0.2, 0.25) is 5.91 Å². The van der Waals surface area contributed by atoms with Crippen LogP contribution in [0.15, 0.2) is 82.8 Å². The van der Waals surface area contributed by atoms with E-state index in [9.17, 15) is 9.18 Å². The van der Waals surface area contributed by atoms with Gasteiger partial charge in [0.1, 0.15) is 11.6 Å². The highest BCUT2D eigenvalue weighted by molar-refractivity contribution is 8.14. The molecule has 0 atom stereocenters. The first-order valence-corrected chi connectivity index (χ1v) is 10.7. The van der Waals surface area contributed by atoms with E-state index in [2.05, 4.69) is 5.32 Å². The number of hydrogen-bond acceptors (Lipinski definition) is 5. The molecule has 5 nitrogen and oxygen atoms in total. The molecule has 7 heteroatoms. The lowest BCUT2D eigenvalue weighted by Gasteiger charge is -2.09. The Bertz CT molecular complexity index is 1180. The number of para-hydroxylation sites is 3. The van der Waals surface area contributed by atoms with Crippen molar-refractivity contribution in [2.24, 2.45) is 9.98 Å². The summed E-state index contributed by atoms with van der Waals surface area (Å²) in [5.74, 6) is 0.0955. The van der Waals surface area contributed by atoms with Gasteiger partial charge in [-0.05, 0) is 36.4 Å². The maximum atomic E-state index is 13.8. The highest BCUT2D eigenvalue weighted by Crippen LogP contribution is 2.33. The normalized spacial score (nSPS) is 12.8. The average Bonchev–Trinajstić information content (AvgIpc) is 2.98. The van der Waals surface area contributed by atoms with Crippen molar-refractivity contribution in [3.8, 4) is 5.75 Å². The van der Waals surface area contributed by atoms with Gasteiger partial charge in [0.15, 0.2) is 0 Å². The van der Waals surface area contributed by atoms with Gasteiger partial charge in [0.05, 0.1) is 40.7 Å². The summed E-state index contributed by atoms with van der Waals surface area (Å²) in [5, 5.41) is 3.37. The Kier molecular flexibility index (Phi) is 6.43. The third-order valence-corrected chi connectivity index (χ3v) is 5.60. The van der Waals surface area contributed by atoms with Gasteiger partial charge in [0, 0.05) is 12.0 Å². The fourth-order valence-corrected chi connectivity index (χ4v) is 3.88. The average molecular weight is 434 g/mol. The second-order valence-corrected chi connectivity index (χ2v) is 7.83. The highest BCUT2D eigenvalue weighted by Gasteiger charge is 2.17. The van der Waals surface area contributed by atoms with Crippen LogP contribution in [0.2, 0.25) is 0 Å². The first-order chi connectivity index (χ1) is 15.1. The van der Waals surface area contributed by atoms with Crippen LogP contribution in [0.25, 0.3) is 0 Å². The van der Waals surface area contributed by atoms with E-state index in [0.717, 1.165) is 33.4 Å². The van der Waals surface area contributed by atoms with Crippen molar-refractivity contribution in [1.29, 1.82) is 0 Å². The molecule has 0 spiro atoms. The van der Waals surface area contributed by atoms with Crippen LogP contribution in [0.4, 0.5) is 21.5 Å².